The number of hydrogen-bond donors (Lipinski definition) is 3. The van der Waals surface area contributed by atoms with Crippen molar-refractivity contribution in [3.05, 3.63) is 24.0 Å². The van der Waals surface area contributed by atoms with Crippen molar-refractivity contribution in [3.8, 4) is 5.75 Å². The molecule has 5 heteroatoms. The summed E-state index contributed by atoms with van der Waals surface area (Å²) in [5, 5.41) is 15.0. The topological polar surface area (TPSA) is 61.4 Å². The van der Waals surface area contributed by atoms with E-state index in [1.54, 1.807) is 0 Å². The van der Waals surface area contributed by atoms with Gasteiger partial charge >= 0.3 is 6.03 Å². The molecule has 4 bridgehead atoms. The maximum absolute atomic E-state index is 13.3. The molecule has 0 aromatic heterocycles. The zero-order valence-corrected chi connectivity index (χ0v) is 11.7. The molecule has 21 heavy (non-hydrogen) atoms. The molecule has 1 aromatic carbocycles. The van der Waals surface area contributed by atoms with Crippen LogP contribution in [0.15, 0.2) is 18.2 Å². The summed E-state index contributed by atoms with van der Waals surface area (Å²) in [5.74, 6) is 1.02. The van der Waals surface area contributed by atoms with Crippen LogP contribution in [-0.4, -0.2) is 16.7 Å². The Balaban J connectivity index is 1.45. The molecule has 4 fully saturated rings. The normalized spacial score (nSPS) is 36.0. The van der Waals surface area contributed by atoms with Crippen LogP contribution in [0.2, 0.25) is 0 Å². The smallest absolute Gasteiger partial charge is 0.319 e. The van der Waals surface area contributed by atoms with Gasteiger partial charge in [0.1, 0.15) is 0 Å². The summed E-state index contributed by atoms with van der Waals surface area (Å²) in [6.07, 6.45) is 5.98. The molecule has 4 saturated carbocycles. The Morgan fingerprint density at radius 1 is 1.24 bits per heavy atom. The minimum absolute atomic E-state index is 0.0346. The van der Waals surface area contributed by atoms with Crippen molar-refractivity contribution in [3.63, 3.8) is 0 Å². The van der Waals surface area contributed by atoms with Gasteiger partial charge in [-0.1, -0.05) is 0 Å². The maximum atomic E-state index is 13.3. The third-order valence-electron chi connectivity index (χ3n) is 5.56. The van der Waals surface area contributed by atoms with E-state index in [4.69, 9.17) is 5.11 Å². The molecule has 2 unspecified atom stereocenters. The largest absolute Gasteiger partial charge is 0.505 e. The van der Waals surface area contributed by atoms with Crippen molar-refractivity contribution < 1.29 is 14.3 Å². The predicted molar refractivity (Wildman–Crippen MR) is 76.5 cm³/mol. The molecule has 3 N–H and O–H groups in total. The van der Waals surface area contributed by atoms with E-state index in [9.17, 15) is 9.18 Å². The first-order valence-electron chi connectivity index (χ1n) is 7.62. The quantitative estimate of drug-likeness (QED) is 0.732. The summed E-state index contributed by atoms with van der Waals surface area (Å²) >= 11 is 0. The van der Waals surface area contributed by atoms with E-state index in [2.05, 4.69) is 10.6 Å². The van der Waals surface area contributed by atoms with E-state index in [1.807, 2.05) is 0 Å². The number of phenols is 1. The third-order valence-corrected chi connectivity index (χ3v) is 5.56. The number of carbonyl (C=O) groups excluding carboxylic acids is 1. The van der Waals surface area contributed by atoms with Gasteiger partial charge in [-0.3, -0.25) is 0 Å². The Hall–Kier alpha value is -1.78. The van der Waals surface area contributed by atoms with E-state index >= 15 is 0 Å². The van der Waals surface area contributed by atoms with Crippen molar-refractivity contribution >= 4 is 11.7 Å². The molecule has 0 saturated heterocycles. The highest BCUT2D eigenvalue weighted by atomic mass is 19.1. The average molecular weight is 290 g/mol. The van der Waals surface area contributed by atoms with E-state index in [0.29, 0.717) is 11.6 Å². The number of benzene rings is 1. The lowest BCUT2D eigenvalue weighted by Crippen LogP contribution is -2.51. The number of phenolic OH excluding ortho intramolecular Hbond substituents is 1. The van der Waals surface area contributed by atoms with Crippen molar-refractivity contribution in [2.24, 2.45) is 17.8 Å². The highest BCUT2D eigenvalue weighted by Gasteiger charge is 2.58. The Kier molecular flexibility index (Phi) is 2.68. The van der Waals surface area contributed by atoms with Gasteiger partial charge < -0.3 is 15.7 Å². The Morgan fingerprint density at radius 2 is 1.95 bits per heavy atom. The minimum atomic E-state index is -0.730. The van der Waals surface area contributed by atoms with E-state index in [-0.39, 0.29) is 11.6 Å². The number of halogens is 1. The standard InChI is InChI=1S/C16H19FN2O2/c17-13-6-12(1-2-14(13)20)18-15(21)19-16-7-9-3-10(8-16)5-11(16)4-9/h1-2,6,9-11,20H,3-5,7-8H2,(H2,18,19,21). The van der Waals surface area contributed by atoms with Gasteiger partial charge in [0.25, 0.3) is 0 Å². The third kappa shape index (κ3) is 2.06. The predicted octanol–water partition coefficient (Wildman–Crippen LogP) is 3.23. The van der Waals surface area contributed by atoms with E-state index in [1.165, 1.54) is 31.4 Å². The van der Waals surface area contributed by atoms with Crippen molar-refractivity contribution in [1.82, 2.24) is 5.32 Å². The van der Waals surface area contributed by atoms with Crippen LogP contribution in [0.1, 0.15) is 32.1 Å². The SMILES string of the molecule is O=C(Nc1ccc(O)c(F)c1)NC12CC3CC(CC1C3)C2. The lowest BCUT2D eigenvalue weighted by molar-refractivity contribution is 0.215. The second-order valence-corrected chi connectivity index (χ2v) is 6.95. The van der Waals surface area contributed by atoms with Gasteiger partial charge in [-0.2, -0.15) is 0 Å². The van der Waals surface area contributed by atoms with Gasteiger partial charge in [0.15, 0.2) is 11.6 Å². The van der Waals surface area contributed by atoms with Gasteiger partial charge in [-0.25, -0.2) is 9.18 Å². The number of anilines is 1. The molecule has 4 aliphatic carbocycles. The number of rotatable bonds is 2. The van der Waals surface area contributed by atoms with Crippen molar-refractivity contribution in [2.75, 3.05) is 5.32 Å². The zero-order chi connectivity index (χ0) is 14.6. The molecule has 5 rings (SSSR count). The Morgan fingerprint density at radius 3 is 2.62 bits per heavy atom. The van der Waals surface area contributed by atoms with Crippen molar-refractivity contribution in [2.45, 2.75) is 37.6 Å². The summed E-state index contributed by atoms with van der Waals surface area (Å²) < 4.78 is 13.3. The Bertz CT molecular complexity index is 590. The van der Waals surface area contributed by atoms with E-state index < -0.39 is 11.6 Å². The average Bonchev–Trinajstić information content (AvgIpc) is 2.78. The Labute approximate surface area is 122 Å². The minimum Gasteiger partial charge on any atom is -0.505 e. The fourth-order valence-corrected chi connectivity index (χ4v) is 4.97. The second-order valence-electron chi connectivity index (χ2n) is 6.95. The molecule has 2 amide bonds. The van der Waals surface area contributed by atoms with Crippen LogP contribution in [-0.2, 0) is 0 Å². The number of amides is 2. The molecule has 112 valence electrons. The van der Waals surface area contributed by atoms with Crippen LogP contribution in [0, 0.1) is 23.6 Å². The highest BCUT2D eigenvalue weighted by molar-refractivity contribution is 5.90. The van der Waals surface area contributed by atoms with Gasteiger partial charge in [0.2, 0.25) is 0 Å². The summed E-state index contributed by atoms with van der Waals surface area (Å²) in [7, 11) is 0. The summed E-state index contributed by atoms with van der Waals surface area (Å²) in [5.41, 5.74) is 0.324. The molecule has 4 nitrogen and oxygen atoms in total. The molecule has 4 aliphatic rings. The molecule has 0 heterocycles. The van der Waals surface area contributed by atoms with Crippen LogP contribution in [0.25, 0.3) is 0 Å². The summed E-state index contributed by atoms with van der Waals surface area (Å²) in [4.78, 5) is 12.2. The van der Waals surface area contributed by atoms with Crippen LogP contribution in [0.3, 0.4) is 0 Å². The monoisotopic (exact) mass is 290 g/mol. The van der Waals surface area contributed by atoms with Crippen LogP contribution < -0.4 is 10.6 Å². The molecule has 2 atom stereocenters. The lowest BCUT2D eigenvalue weighted by atomic mass is 9.80. The zero-order valence-electron chi connectivity index (χ0n) is 11.7. The van der Waals surface area contributed by atoms with E-state index in [0.717, 1.165) is 30.7 Å². The molecule has 0 aliphatic heterocycles. The van der Waals surface area contributed by atoms with Crippen LogP contribution >= 0.6 is 0 Å². The lowest BCUT2D eigenvalue weighted by Gasteiger charge is -2.33. The number of aromatic hydroxyl groups is 1. The first-order valence-corrected chi connectivity index (χ1v) is 7.62. The van der Waals surface area contributed by atoms with Crippen molar-refractivity contribution in [1.29, 1.82) is 0 Å². The molecular weight excluding hydrogens is 271 g/mol. The highest BCUT2D eigenvalue weighted by Crippen LogP contribution is 2.60. The maximum Gasteiger partial charge on any atom is 0.319 e. The molecule has 0 spiro atoms. The molecular formula is C16H19FN2O2. The first-order chi connectivity index (χ1) is 10.0. The molecule has 1 aromatic rings. The second kappa shape index (κ2) is 4.36. The fourth-order valence-electron chi connectivity index (χ4n) is 4.97. The van der Waals surface area contributed by atoms with Gasteiger partial charge in [-0.05, 0) is 62.0 Å². The van der Waals surface area contributed by atoms with Gasteiger partial charge in [0.05, 0.1) is 0 Å². The van der Waals surface area contributed by atoms with Gasteiger partial charge in [0, 0.05) is 17.3 Å². The number of hydrogen-bond acceptors (Lipinski definition) is 2. The number of urea groups is 1. The fraction of sp³-hybridized carbons (Fsp3) is 0.562. The van der Waals surface area contributed by atoms with Gasteiger partial charge in [-0.15, -0.1) is 0 Å². The van der Waals surface area contributed by atoms with Crippen LogP contribution in [0.5, 0.6) is 5.75 Å². The first kappa shape index (κ1) is 12.9. The summed E-state index contributed by atoms with van der Waals surface area (Å²) in [6, 6.07) is 3.60. The summed E-state index contributed by atoms with van der Waals surface area (Å²) in [6.45, 7) is 0. The number of carbonyl (C=O) groups is 1. The number of nitrogens with one attached hydrogen (secondary N) is 2. The van der Waals surface area contributed by atoms with Crippen LogP contribution in [0.4, 0.5) is 14.9 Å². The molecule has 0 radical (unpaired) electrons.